The van der Waals surface area contributed by atoms with Crippen LogP contribution in [0.3, 0.4) is 0 Å². The molecule has 102 valence electrons. The van der Waals surface area contributed by atoms with E-state index >= 15 is 0 Å². The van der Waals surface area contributed by atoms with Crippen molar-refractivity contribution in [2.45, 2.75) is 70.5 Å². The number of unbranched alkanes of at least 4 members (excludes halogenated alkanes) is 6. The number of carbonyl (C=O) groups excluding carboxylic acids is 1. The van der Waals surface area contributed by atoms with Crippen LogP contribution in [0.15, 0.2) is 0 Å². The van der Waals surface area contributed by atoms with Gasteiger partial charge in [0.15, 0.2) is 6.10 Å². The Morgan fingerprint density at radius 3 is 2.12 bits per heavy atom. The first-order valence-electron chi connectivity index (χ1n) is 6.57. The molecule has 0 radical (unpaired) electrons. The highest BCUT2D eigenvalue weighted by Gasteiger charge is 2.24. The molecule has 0 bridgehead atoms. The third kappa shape index (κ3) is 8.16. The Bertz CT molecular complexity index is 194. The minimum atomic E-state index is -1.40. The third-order valence-electron chi connectivity index (χ3n) is 2.91. The molecule has 0 spiro atoms. The smallest absolute Gasteiger partial charge is 0.337 e. The highest BCUT2D eigenvalue weighted by atomic mass is 16.5. The Morgan fingerprint density at radius 2 is 1.59 bits per heavy atom. The van der Waals surface area contributed by atoms with Crippen LogP contribution in [0.4, 0.5) is 0 Å². The average Bonchev–Trinajstić information content (AvgIpc) is 2.35. The van der Waals surface area contributed by atoms with Crippen molar-refractivity contribution in [2.75, 3.05) is 7.11 Å². The van der Waals surface area contributed by atoms with Crippen molar-refractivity contribution in [3.8, 4) is 0 Å². The van der Waals surface area contributed by atoms with E-state index in [1.165, 1.54) is 32.8 Å². The van der Waals surface area contributed by atoms with Gasteiger partial charge in [-0.05, 0) is 6.42 Å². The van der Waals surface area contributed by atoms with E-state index in [4.69, 9.17) is 0 Å². The van der Waals surface area contributed by atoms with Gasteiger partial charge in [0.2, 0.25) is 0 Å². The molecule has 0 heterocycles. The summed E-state index contributed by atoms with van der Waals surface area (Å²) in [6, 6.07) is 0. The van der Waals surface area contributed by atoms with Gasteiger partial charge in [-0.15, -0.1) is 0 Å². The summed E-state index contributed by atoms with van der Waals surface area (Å²) in [6.07, 6.45) is 6.08. The maximum atomic E-state index is 10.9. The molecule has 0 saturated carbocycles. The number of methoxy groups -OCH3 is 1. The second-order valence-corrected chi connectivity index (χ2v) is 4.45. The summed E-state index contributed by atoms with van der Waals surface area (Å²) < 4.78 is 4.36. The lowest BCUT2D eigenvalue weighted by atomic mass is 10.0. The predicted octanol–water partition coefficient (Wildman–Crippen LogP) is 2.02. The first-order valence-corrected chi connectivity index (χ1v) is 6.57. The summed E-state index contributed by atoms with van der Waals surface area (Å²) in [7, 11) is 1.20. The van der Waals surface area contributed by atoms with Crippen molar-refractivity contribution in [2.24, 2.45) is 0 Å². The second-order valence-electron chi connectivity index (χ2n) is 4.45. The van der Waals surface area contributed by atoms with Gasteiger partial charge in [0, 0.05) is 0 Å². The van der Waals surface area contributed by atoms with Crippen LogP contribution in [-0.4, -0.2) is 35.5 Å². The van der Waals surface area contributed by atoms with E-state index in [0.29, 0.717) is 6.42 Å². The molecule has 0 aliphatic rings. The molecule has 2 N–H and O–H groups in total. The number of esters is 1. The molecule has 2 atom stereocenters. The van der Waals surface area contributed by atoms with Crippen molar-refractivity contribution in [3.63, 3.8) is 0 Å². The fraction of sp³-hybridized carbons (Fsp3) is 0.923. The predicted molar refractivity (Wildman–Crippen MR) is 66.6 cm³/mol. The molecule has 0 aliphatic carbocycles. The number of aliphatic hydroxyl groups excluding tert-OH is 2. The highest BCUT2D eigenvalue weighted by molar-refractivity contribution is 5.74. The van der Waals surface area contributed by atoms with Crippen molar-refractivity contribution < 1.29 is 19.7 Å². The van der Waals surface area contributed by atoms with Crippen LogP contribution in [0.1, 0.15) is 58.3 Å². The van der Waals surface area contributed by atoms with Gasteiger partial charge in [0.1, 0.15) is 0 Å². The minimum Gasteiger partial charge on any atom is -0.467 e. The van der Waals surface area contributed by atoms with Gasteiger partial charge in [-0.1, -0.05) is 51.9 Å². The van der Waals surface area contributed by atoms with E-state index in [9.17, 15) is 15.0 Å². The Kier molecular flexibility index (Phi) is 10.2. The van der Waals surface area contributed by atoms with Gasteiger partial charge in [-0.25, -0.2) is 4.79 Å². The Labute approximate surface area is 104 Å². The van der Waals surface area contributed by atoms with Gasteiger partial charge in [-0.2, -0.15) is 0 Å². The number of hydrogen-bond acceptors (Lipinski definition) is 4. The standard InChI is InChI=1S/C13H26O4/c1-3-4-5-6-7-8-9-10-11(14)12(15)13(16)17-2/h11-12,14-15H,3-10H2,1-2H3. The lowest BCUT2D eigenvalue weighted by Crippen LogP contribution is -2.34. The fourth-order valence-electron chi connectivity index (χ4n) is 1.75. The van der Waals surface area contributed by atoms with E-state index < -0.39 is 18.2 Å². The molecule has 0 aliphatic heterocycles. The van der Waals surface area contributed by atoms with Crippen molar-refractivity contribution in [1.29, 1.82) is 0 Å². The number of carbonyl (C=O) groups is 1. The summed E-state index contributed by atoms with van der Waals surface area (Å²) >= 11 is 0. The molecule has 0 saturated heterocycles. The lowest BCUT2D eigenvalue weighted by molar-refractivity contribution is -0.156. The van der Waals surface area contributed by atoms with Crippen LogP contribution in [0.25, 0.3) is 0 Å². The van der Waals surface area contributed by atoms with Crippen molar-refractivity contribution in [3.05, 3.63) is 0 Å². The number of ether oxygens (including phenoxy) is 1. The highest BCUT2D eigenvalue weighted by Crippen LogP contribution is 2.11. The Balaban J connectivity index is 3.44. The maximum Gasteiger partial charge on any atom is 0.337 e. The van der Waals surface area contributed by atoms with Gasteiger partial charge in [0.25, 0.3) is 0 Å². The molecule has 4 nitrogen and oxygen atoms in total. The van der Waals surface area contributed by atoms with E-state index in [1.54, 1.807) is 0 Å². The average molecular weight is 246 g/mol. The molecule has 4 heteroatoms. The maximum absolute atomic E-state index is 10.9. The van der Waals surface area contributed by atoms with Crippen LogP contribution in [0.2, 0.25) is 0 Å². The molecular formula is C13H26O4. The van der Waals surface area contributed by atoms with Crippen LogP contribution < -0.4 is 0 Å². The van der Waals surface area contributed by atoms with Crippen LogP contribution in [0.5, 0.6) is 0 Å². The zero-order valence-electron chi connectivity index (χ0n) is 11.0. The van der Waals surface area contributed by atoms with Gasteiger partial charge in [-0.3, -0.25) is 0 Å². The molecule has 2 unspecified atom stereocenters. The third-order valence-corrected chi connectivity index (χ3v) is 2.91. The normalized spacial score (nSPS) is 14.4. The van der Waals surface area contributed by atoms with Gasteiger partial charge < -0.3 is 14.9 Å². The van der Waals surface area contributed by atoms with Crippen LogP contribution in [-0.2, 0) is 9.53 Å². The molecule has 17 heavy (non-hydrogen) atoms. The van der Waals surface area contributed by atoms with Crippen molar-refractivity contribution in [1.82, 2.24) is 0 Å². The zero-order valence-corrected chi connectivity index (χ0v) is 11.0. The van der Waals surface area contributed by atoms with Crippen LogP contribution in [0, 0.1) is 0 Å². The SMILES string of the molecule is CCCCCCCCCC(O)C(O)C(=O)OC. The topological polar surface area (TPSA) is 66.8 Å². The lowest BCUT2D eigenvalue weighted by Gasteiger charge is -2.15. The van der Waals surface area contributed by atoms with E-state index in [-0.39, 0.29) is 0 Å². The molecule has 0 aromatic carbocycles. The monoisotopic (exact) mass is 246 g/mol. The van der Waals surface area contributed by atoms with E-state index in [0.717, 1.165) is 19.3 Å². The molecule has 0 rings (SSSR count). The Morgan fingerprint density at radius 1 is 1.06 bits per heavy atom. The van der Waals surface area contributed by atoms with Crippen LogP contribution >= 0.6 is 0 Å². The number of hydrogen-bond donors (Lipinski definition) is 2. The van der Waals surface area contributed by atoms with Crippen molar-refractivity contribution >= 4 is 5.97 Å². The second kappa shape index (κ2) is 10.5. The minimum absolute atomic E-state index is 0.448. The first kappa shape index (κ1) is 16.4. The zero-order chi connectivity index (χ0) is 13.1. The van der Waals surface area contributed by atoms with Gasteiger partial charge >= 0.3 is 5.97 Å². The van der Waals surface area contributed by atoms with E-state index in [1.807, 2.05) is 0 Å². The summed E-state index contributed by atoms with van der Waals surface area (Å²) in [5.74, 6) is -0.763. The summed E-state index contributed by atoms with van der Waals surface area (Å²) in [5, 5.41) is 18.8. The Hall–Kier alpha value is -0.610. The first-order chi connectivity index (χ1) is 8.13. The largest absolute Gasteiger partial charge is 0.467 e. The summed E-state index contributed by atoms with van der Waals surface area (Å²) in [4.78, 5) is 10.9. The molecule has 0 aromatic rings. The molecule has 0 aromatic heterocycles. The van der Waals surface area contributed by atoms with Gasteiger partial charge in [0.05, 0.1) is 13.2 Å². The quantitative estimate of drug-likeness (QED) is 0.457. The number of rotatable bonds is 10. The molecule has 0 amide bonds. The summed E-state index contributed by atoms with van der Waals surface area (Å²) in [5.41, 5.74) is 0. The fourth-order valence-corrected chi connectivity index (χ4v) is 1.75. The van der Waals surface area contributed by atoms with E-state index in [2.05, 4.69) is 11.7 Å². The number of aliphatic hydroxyl groups is 2. The summed E-state index contributed by atoms with van der Waals surface area (Å²) in [6.45, 7) is 2.19. The molecule has 0 fully saturated rings. The molecular weight excluding hydrogens is 220 g/mol.